The number of hydrogen-bond donors (Lipinski definition) is 1. The van der Waals surface area contributed by atoms with Crippen molar-refractivity contribution in [3.63, 3.8) is 0 Å². The number of ether oxygens (including phenoxy) is 2. The van der Waals surface area contributed by atoms with Gasteiger partial charge in [-0.05, 0) is 26.1 Å². The molecule has 1 atom stereocenters. The summed E-state index contributed by atoms with van der Waals surface area (Å²) in [6.07, 6.45) is 1.19. The van der Waals surface area contributed by atoms with Gasteiger partial charge in [0.1, 0.15) is 17.9 Å². The topological polar surface area (TPSA) is 71.1 Å². The van der Waals surface area contributed by atoms with Gasteiger partial charge < -0.3 is 19.7 Å². The molecule has 2 aliphatic rings. The maximum Gasteiger partial charge on any atom is 0.410 e. The van der Waals surface area contributed by atoms with Gasteiger partial charge in [-0.1, -0.05) is 18.2 Å². The molecule has 1 spiro atoms. The third-order valence-electron chi connectivity index (χ3n) is 5.45. The molecule has 0 aliphatic carbocycles. The van der Waals surface area contributed by atoms with Gasteiger partial charge in [-0.15, -0.1) is 12.4 Å². The summed E-state index contributed by atoms with van der Waals surface area (Å²) in [5.74, 6) is 0.625. The molecule has 2 aliphatic heterocycles. The highest BCUT2D eigenvalue weighted by Gasteiger charge is 2.46. The lowest BCUT2D eigenvalue weighted by Gasteiger charge is -2.31. The molecule has 8 heteroatoms. The van der Waals surface area contributed by atoms with E-state index >= 15 is 0 Å². The maximum atomic E-state index is 12.8. The zero-order valence-electron chi connectivity index (χ0n) is 16.1. The Labute approximate surface area is 166 Å². The van der Waals surface area contributed by atoms with Gasteiger partial charge in [0.2, 0.25) is 5.91 Å². The van der Waals surface area contributed by atoms with Crippen LogP contribution in [0.15, 0.2) is 24.3 Å². The van der Waals surface area contributed by atoms with Gasteiger partial charge in [0.15, 0.2) is 0 Å². The molecule has 1 N–H and O–H groups in total. The van der Waals surface area contributed by atoms with Crippen LogP contribution in [-0.4, -0.2) is 67.7 Å². The van der Waals surface area contributed by atoms with Crippen LogP contribution in [0, 0.1) is 0 Å². The van der Waals surface area contributed by atoms with Gasteiger partial charge in [0, 0.05) is 25.5 Å². The van der Waals surface area contributed by atoms with Gasteiger partial charge in [-0.2, -0.15) is 0 Å². The molecule has 0 bridgehead atoms. The molecular weight excluding hydrogens is 370 g/mol. The number of rotatable bonds is 5. The van der Waals surface area contributed by atoms with Gasteiger partial charge in [0.25, 0.3) is 0 Å². The van der Waals surface area contributed by atoms with Crippen LogP contribution in [0.1, 0.15) is 31.4 Å². The Hall–Kier alpha value is -1.99. The minimum atomic E-state index is -0.435. The van der Waals surface area contributed by atoms with E-state index in [1.807, 2.05) is 31.2 Å². The lowest BCUT2D eigenvalue weighted by molar-refractivity contribution is -0.132. The van der Waals surface area contributed by atoms with Crippen LogP contribution in [-0.2, 0) is 9.53 Å². The zero-order valence-corrected chi connectivity index (χ0v) is 16.9. The lowest BCUT2D eigenvalue weighted by Crippen LogP contribution is -2.46. The monoisotopic (exact) mass is 397 g/mol. The highest BCUT2D eigenvalue weighted by molar-refractivity contribution is 5.85. The van der Waals surface area contributed by atoms with Crippen molar-refractivity contribution >= 4 is 24.4 Å². The van der Waals surface area contributed by atoms with Crippen molar-refractivity contribution in [3.8, 4) is 5.75 Å². The van der Waals surface area contributed by atoms with Crippen molar-refractivity contribution in [2.45, 2.75) is 31.4 Å². The average molecular weight is 398 g/mol. The summed E-state index contributed by atoms with van der Waals surface area (Å²) in [6, 6.07) is 7.48. The molecule has 2 amide bonds. The molecule has 2 heterocycles. The third kappa shape index (κ3) is 4.47. The van der Waals surface area contributed by atoms with E-state index in [-0.39, 0.29) is 30.9 Å². The zero-order chi connectivity index (χ0) is 18.7. The number of para-hydroxylation sites is 1. The van der Waals surface area contributed by atoms with E-state index in [1.54, 1.807) is 19.1 Å². The molecule has 1 aromatic rings. The number of carbonyl (C=O) groups is 2. The van der Waals surface area contributed by atoms with Crippen molar-refractivity contribution in [2.24, 2.45) is 0 Å². The van der Waals surface area contributed by atoms with Crippen LogP contribution >= 0.6 is 12.4 Å². The Kier molecular flexibility index (Phi) is 6.95. The summed E-state index contributed by atoms with van der Waals surface area (Å²) in [7, 11) is 3.37. The predicted octanol–water partition coefficient (Wildman–Crippen LogP) is 2.21. The fourth-order valence-corrected chi connectivity index (χ4v) is 3.67. The van der Waals surface area contributed by atoms with Gasteiger partial charge in [-0.25, -0.2) is 4.79 Å². The fourth-order valence-electron chi connectivity index (χ4n) is 3.67. The second-order valence-corrected chi connectivity index (χ2v) is 7.08. The predicted molar refractivity (Wildman–Crippen MR) is 104 cm³/mol. The van der Waals surface area contributed by atoms with Crippen LogP contribution in [0.5, 0.6) is 5.75 Å². The number of likely N-dealkylation sites (N-methyl/N-ethyl adjacent to an activating group) is 1. The highest BCUT2D eigenvalue weighted by atomic mass is 35.5. The van der Waals surface area contributed by atoms with Gasteiger partial charge in [-0.3, -0.25) is 9.69 Å². The van der Waals surface area contributed by atoms with Crippen LogP contribution < -0.4 is 10.1 Å². The largest absolute Gasteiger partial charge is 0.496 e. The first-order valence-electron chi connectivity index (χ1n) is 9.03. The van der Waals surface area contributed by atoms with Crippen molar-refractivity contribution in [1.82, 2.24) is 15.1 Å². The maximum absolute atomic E-state index is 12.8. The Morgan fingerprint density at radius 2 is 2.04 bits per heavy atom. The normalized spacial score (nSPS) is 19.2. The number of carbonyl (C=O) groups excluding carboxylic acids is 2. The molecule has 27 heavy (non-hydrogen) atoms. The Morgan fingerprint density at radius 3 is 2.70 bits per heavy atom. The van der Waals surface area contributed by atoms with Crippen molar-refractivity contribution in [1.29, 1.82) is 0 Å². The van der Waals surface area contributed by atoms with E-state index in [0.717, 1.165) is 37.2 Å². The molecule has 0 radical (unpaired) electrons. The number of piperidine rings is 1. The van der Waals surface area contributed by atoms with E-state index in [1.165, 1.54) is 4.90 Å². The van der Waals surface area contributed by atoms with E-state index in [9.17, 15) is 9.59 Å². The Morgan fingerprint density at radius 1 is 1.37 bits per heavy atom. The summed E-state index contributed by atoms with van der Waals surface area (Å²) >= 11 is 0. The summed E-state index contributed by atoms with van der Waals surface area (Å²) < 4.78 is 11.0. The van der Waals surface area contributed by atoms with Crippen molar-refractivity contribution in [2.75, 3.05) is 40.3 Å². The second-order valence-electron chi connectivity index (χ2n) is 7.08. The SMILES string of the molecule is COc1ccccc1C(C)N(C)C(=O)CN1CC2(CCNCC2)OC1=O.Cl. The number of benzene rings is 1. The molecule has 3 rings (SSSR count). The fraction of sp³-hybridized carbons (Fsp3) is 0.579. The molecule has 1 aromatic carbocycles. The number of nitrogens with zero attached hydrogens (tertiary/aromatic N) is 2. The minimum absolute atomic E-state index is 0. The highest BCUT2D eigenvalue weighted by Crippen LogP contribution is 2.32. The average Bonchev–Trinajstić information content (AvgIpc) is 2.95. The minimum Gasteiger partial charge on any atom is -0.496 e. The molecular formula is C19H28ClN3O4. The summed E-state index contributed by atoms with van der Waals surface area (Å²) in [6.45, 7) is 4.13. The van der Waals surface area contributed by atoms with E-state index < -0.39 is 11.7 Å². The van der Waals surface area contributed by atoms with E-state index in [0.29, 0.717) is 6.54 Å². The Bertz CT molecular complexity index is 679. The van der Waals surface area contributed by atoms with Gasteiger partial charge >= 0.3 is 6.09 Å². The standard InChI is InChI=1S/C19H27N3O4.ClH/c1-14(15-6-4-5-7-16(15)25-3)21(2)17(23)12-22-13-19(26-18(22)24)8-10-20-11-9-19;/h4-7,14,20H,8-13H2,1-3H3;1H. The van der Waals surface area contributed by atoms with Gasteiger partial charge in [0.05, 0.1) is 19.7 Å². The molecule has 1 unspecified atom stereocenters. The smallest absolute Gasteiger partial charge is 0.410 e. The Balaban J connectivity index is 0.00000261. The molecule has 0 aromatic heterocycles. The molecule has 150 valence electrons. The van der Waals surface area contributed by atoms with E-state index in [2.05, 4.69) is 5.32 Å². The molecule has 2 saturated heterocycles. The van der Waals surface area contributed by atoms with Crippen LogP contribution in [0.4, 0.5) is 4.79 Å². The molecule has 2 fully saturated rings. The lowest BCUT2D eigenvalue weighted by atomic mass is 9.92. The first-order chi connectivity index (χ1) is 12.5. The van der Waals surface area contributed by atoms with Crippen LogP contribution in [0.3, 0.4) is 0 Å². The third-order valence-corrected chi connectivity index (χ3v) is 5.45. The summed E-state index contributed by atoms with van der Waals surface area (Å²) in [4.78, 5) is 28.2. The van der Waals surface area contributed by atoms with E-state index in [4.69, 9.17) is 9.47 Å². The molecule has 0 saturated carbocycles. The number of nitrogens with one attached hydrogen (secondary N) is 1. The van der Waals surface area contributed by atoms with Crippen LogP contribution in [0.2, 0.25) is 0 Å². The summed E-state index contributed by atoms with van der Waals surface area (Å²) in [5, 5.41) is 3.27. The quantitative estimate of drug-likeness (QED) is 0.824. The first-order valence-corrected chi connectivity index (χ1v) is 9.03. The van der Waals surface area contributed by atoms with Crippen molar-refractivity contribution < 1.29 is 19.1 Å². The van der Waals surface area contributed by atoms with Crippen LogP contribution in [0.25, 0.3) is 0 Å². The number of amides is 2. The second kappa shape index (κ2) is 8.80. The number of halogens is 1. The number of hydrogen-bond acceptors (Lipinski definition) is 5. The summed E-state index contributed by atoms with van der Waals surface area (Å²) in [5.41, 5.74) is 0.500. The number of methoxy groups -OCH3 is 1. The van der Waals surface area contributed by atoms with Crippen molar-refractivity contribution in [3.05, 3.63) is 29.8 Å². The molecule has 7 nitrogen and oxygen atoms in total. The first kappa shape index (κ1) is 21.3.